The van der Waals surface area contributed by atoms with E-state index in [0.717, 1.165) is 31.8 Å². The van der Waals surface area contributed by atoms with Crippen LogP contribution in [0.15, 0.2) is 24.3 Å². The number of hydrogen-bond acceptors (Lipinski definition) is 2. The van der Waals surface area contributed by atoms with Crippen molar-refractivity contribution in [3.63, 3.8) is 0 Å². The summed E-state index contributed by atoms with van der Waals surface area (Å²) in [4.78, 5) is 17.5. The summed E-state index contributed by atoms with van der Waals surface area (Å²) in [6.07, 6.45) is 9.96. The maximum absolute atomic E-state index is 12.7. The minimum atomic E-state index is 0.378. The summed E-state index contributed by atoms with van der Waals surface area (Å²) in [6.45, 7) is 5.43. The second kappa shape index (κ2) is 7.90. The lowest BCUT2D eigenvalue weighted by Gasteiger charge is -2.35. The minimum absolute atomic E-state index is 0.378. The summed E-state index contributed by atoms with van der Waals surface area (Å²) in [5, 5.41) is 0. The van der Waals surface area contributed by atoms with Crippen molar-refractivity contribution in [1.29, 1.82) is 0 Å². The van der Waals surface area contributed by atoms with Crippen LogP contribution in [0.1, 0.15) is 56.1 Å². The fourth-order valence-electron chi connectivity index (χ4n) is 5.02. The Morgan fingerprint density at radius 3 is 2.40 bits per heavy atom. The molecule has 4 rings (SSSR count). The number of fused-ring (bicyclic) bond motifs is 1. The average Bonchev–Trinajstić information content (AvgIpc) is 3.16. The molecule has 1 saturated carbocycles. The van der Waals surface area contributed by atoms with E-state index in [1.807, 2.05) is 0 Å². The Balaban J connectivity index is 1.23. The number of carbonyl (C=O) groups excluding carboxylic acids is 1. The van der Waals surface area contributed by atoms with Gasteiger partial charge in [0.1, 0.15) is 0 Å². The zero-order chi connectivity index (χ0) is 17.1. The van der Waals surface area contributed by atoms with Gasteiger partial charge in [0.25, 0.3) is 0 Å². The highest BCUT2D eigenvalue weighted by atomic mass is 16.2. The highest BCUT2D eigenvalue weighted by Crippen LogP contribution is 2.28. The van der Waals surface area contributed by atoms with Gasteiger partial charge < -0.3 is 9.80 Å². The molecule has 2 fully saturated rings. The average molecular weight is 341 g/mol. The van der Waals surface area contributed by atoms with Crippen LogP contribution in [-0.4, -0.2) is 41.9 Å². The number of hydrogen-bond donors (Lipinski definition) is 0. The molecule has 1 aromatic rings. The lowest BCUT2D eigenvalue weighted by atomic mass is 9.91. The van der Waals surface area contributed by atoms with Gasteiger partial charge in [-0.1, -0.05) is 37.1 Å². The number of likely N-dealkylation sites (tertiary alicyclic amines) is 1. The molecule has 0 atom stereocenters. The van der Waals surface area contributed by atoms with Crippen molar-refractivity contribution in [1.82, 2.24) is 9.80 Å². The molecule has 0 unspecified atom stereocenters. The van der Waals surface area contributed by atoms with Crippen molar-refractivity contribution in [2.45, 2.75) is 57.9 Å². The molecule has 3 aliphatic rings. The van der Waals surface area contributed by atoms with Crippen LogP contribution in [-0.2, 0) is 17.8 Å². The summed E-state index contributed by atoms with van der Waals surface area (Å²) in [7, 11) is 0. The third kappa shape index (κ3) is 4.25. The van der Waals surface area contributed by atoms with E-state index in [2.05, 4.69) is 34.1 Å². The number of benzene rings is 1. The lowest BCUT2D eigenvalue weighted by molar-refractivity contribution is -0.133. The Morgan fingerprint density at radius 1 is 0.920 bits per heavy atom. The molecule has 2 heterocycles. The van der Waals surface area contributed by atoms with Crippen LogP contribution in [0.25, 0.3) is 0 Å². The first kappa shape index (κ1) is 17.1. The number of rotatable bonds is 4. The molecule has 0 radical (unpaired) electrons. The third-order valence-electron chi connectivity index (χ3n) is 6.64. The van der Waals surface area contributed by atoms with Crippen LogP contribution < -0.4 is 0 Å². The molecule has 25 heavy (non-hydrogen) atoms. The van der Waals surface area contributed by atoms with Gasteiger partial charge in [0.2, 0.25) is 5.91 Å². The molecule has 0 N–H and O–H groups in total. The molecule has 1 saturated heterocycles. The monoisotopic (exact) mass is 340 g/mol. The van der Waals surface area contributed by atoms with E-state index in [1.165, 1.54) is 69.3 Å². The Bertz CT molecular complexity index is 585. The summed E-state index contributed by atoms with van der Waals surface area (Å²) < 4.78 is 0. The number of piperidine rings is 1. The summed E-state index contributed by atoms with van der Waals surface area (Å²) in [6, 6.07) is 8.58. The van der Waals surface area contributed by atoms with E-state index in [-0.39, 0.29) is 0 Å². The van der Waals surface area contributed by atoms with Crippen LogP contribution in [0.2, 0.25) is 0 Å². The second-order valence-corrected chi connectivity index (χ2v) is 8.43. The van der Waals surface area contributed by atoms with Crippen LogP contribution in [0.3, 0.4) is 0 Å². The number of amides is 1. The standard InChI is InChI=1S/C22H32N2O/c25-22(24-14-11-20-7-3-4-8-21(20)17-24)15-18-9-12-23(13-10-18)16-19-5-1-2-6-19/h3-4,7-8,18-19H,1-2,5-6,9-17H2. The fourth-order valence-corrected chi connectivity index (χ4v) is 5.02. The highest BCUT2D eigenvalue weighted by molar-refractivity contribution is 5.76. The van der Waals surface area contributed by atoms with E-state index in [9.17, 15) is 4.79 Å². The maximum atomic E-state index is 12.7. The molecular formula is C22H32N2O. The zero-order valence-electron chi connectivity index (χ0n) is 15.5. The molecule has 1 aliphatic carbocycles. The first-order valence-electron chi connectivity index (χ1n) is 10.3. The molecule has 0 aromatic heterocycles. The van der Waals surface area contributed by atoms with Gasteiger partial charge >= 0.3 is 0 Å². The molecule has 136 valence electrons. The molecule has 0 bridgehead atoms. The van der Waals surface area contributed by atoms with Crippen molar-refractivity contribution in [2.24, 2.45) is 11.8 Å². The van der Waals surface area contributed by atoms with Gasteiger partial charge in [-0.25, -0.2) is 0 Å². The Kier molecular flexibility index (Phi) is 5.40. The first-order chi connectivity index (χ1) is 12.3. The molecule has 0 spiro atoms. The lowest BCUT2D eigenvalue weighted by Crippen LogP contribution is -2.40. The van der Waals surface area contributed by atoms with E-state index < -0.39 is 0 Å². The van der Waals surface area contributed by atoms with Gasteiger partial charge in [0, 0.05) is 26.1 Å². The topological polar surface area (TPSA) is 23.6 Å². The first-order valence-corrected chi connectivity index (χ1v) is 10.3. The Hall–Kier alpha value is -1.35. The minimum Gasteiger partial charge on any atom is -0.338 e. The van der Waals surface area contributed by atoms with Crippen LogP contribution in [0.5, 0.6) is 0 Å². The van der Waals surface area contributed by atoms with Crippen LogP contribution >= 0.6 is 0 Å². The molecule has 1 aromatic carbocycles. The third-order valence-corrected chi connectivity index (χ3v) is 6.64. The molecule has 3 heteroatoms. The largest absolute Gasteiger partial charge is 0.338 e. The van der Waals surface area contributed by atoms with Crippen LogP contribution in [0, 0.1) is 11.8 Å². The smallest absolute Gasteiger partial charge is 0.223 e. The maximum Gasteiger partial charge on any atom is 0.223 e. The predicted molar refractivity (Wildman–Crippen MR) is 101 cm³/mol. The molecular weight excluding hydrogens is 308 g/mol. The van der Waals surface area contributed by atoms with Crippen molar-refractivity contribution < 1.29 is 4.79 Å². The number of nitrogens with zero attached hydrogens (tertiary/aromatic N) is 2. The van der Waals surface area contributed by atoms with E-state index in [1.54, 1.807) is 0 Å². The van der Waals surface area contributed by atoms with Gasteiger partial charge in [0.15, 0.2) is 0 Å². The predicted octanol–water partition coefficient (Wildman–Crippen LogP) is 3.86. The zero-order valence-corrected chi connectivity index (χ0v) is 15.5. The van der Waals surface area contributed by atoms with E-state index >= 15 is 0 Å². The summed E-state index contributed by atoms with van der Waals surface area (Å²) >= 11 is 0. The van der Waals surface area contributed by atoms with Gasteiger partial charge in [-0.05, 0) is 68.2 Å². The van der Waals surface area contributed by atoms with Crippen molar-refractivity contribution >= 4 is 5.91 Å². The normalized spacial score (nSPS) is 23.0. The molecule has 1 amide bonds. The van der Waals surface area contributed by atoms with Gasteiger partial charge in [-0.15, -0.1) is 0 Å². The Labute approximate surface area is 152 Å². The SMILES string of the molecule is O=C(CC1CCN(CC2CCCC2)CC1)N1CCc2ccccc2C1. The van der Waals surface area contributed by atoms with Crippen molar-refractivity contribution in [3.05, 3.63) is 35.4 Å². The fraction of sp³-hybridized carbons (Fsp3) is 0.682. The Morgan fingerprint density at radius 2 is 1.64 bits per heavy atom. The summed E-state index contributed by atoms with van der Waals surface area (Å²) in [5.41, 5.74) is 2.76. The van der Waals surface area contributed by atoms with Gasteiger partial charge in [0.05, 0.1) is 0 Å². The summed E-state index contributed by atoms with van der Waals surface area (Å²) in [5.74, 6) is 1.93. The van der Waals surface area contributed by atoms with Crippen LogP contribution in [0.4, 0.5) is 0 Å². The van der Waals surface area contributed by atoms with Gasteiger partial charge in [-0.3, -0.25) is 4.79 Å². The second-order valence-electron chi connectivity index (χ2n) is 8.43. The van der Waals surface area contributed by atoms with Gasteiger partial charge in [-0.2, -0.15) is 0 Å². The quantitative estimate of drug-likeness (QED) is 0.831. The van der Waals surface area contributed by atoms with E-state index in [0.29, 0.717) is 11.8 Å². The highest BCUT2D eigenvalue weighted by Gasteiger charge is 2.27. The van der Waals surface area contributed by atoms with Crippen molar-refractivity contribution in [2.75, 3.05) is 26.2 Å². The molecule has 2 aliphatic heterocycles. The molecule has 3 nitrogen and oxygen atoms in total. The van der Waals surface area contributed by atoms with E-state index in [4.69, 9.17) is 0 Å². The van der Waals surface area contributed by atoms with Crippen molar-refractivity contribution in [3.8, 4) is 0 Å². The number of carbonyl (C=O) groups is 1.